The number of rotatable bonds is 5. The van der Waals surface area contributed by atoms with Crippen molar-refractivity contribution in [2.24, 2.45) is 0 Å². The summed E-state index contributed by atoms with van der Waals surface area (Å²) in [5.41, 5.74) is 2.38. The van der Waals surface area contributed by atoms with Crippen LogP contribution in [0.1, 0.15) is 17.9 Å². The van der Waals surface area contributed by atoms with Gasteiger partial charge >= 0.3 is 5.97 Å². The van der Waals surface area contributed by atoms with E-state index in [4.69, 9.17) is 5.11 Å². The summed E-state index contributed by atoms with van der Waals surface area (Å²) in [4.78, 5) is 15.4. The normalized spacial score (nSPS) is 18.2. The lowest BCUT2D eigenvalue weighted by atomic mass is 9.98. The van der Waals surface area contributed by atoms with E-state index in [1.54, 1.807) is 0 Å². The van der Waals surface area contributed by atoms with Gasteiger partial charge in [-0.25, -0.2) is 0 Å². The van der Waals surface area contributed by atoms with Crippen molar-refractivity contribution in [2.75, 3.05) is 38.6 Å². The first-order valence-electron chi connectivity index (χ1n) is 6.28. The summed E-state index contributed by atoms with van der Waals surface area (Å²) in [5.74, 6) is -0.592. The molecule has 1 aromatic rings. The van der Waals surface area contributed by atoms with Crippen LogP contribution in [0.25, 0.3) is 0 Å². The van der Waals surface area contributed by atoms with Gasteiger partial charge in [0.1, 0.15) is 0 Å². The molecule has 0 aromatic heterocycles. The van der Waals surface area contributed by atoms with Gasteiger partial charge in [-0.05, 0) is 25.7 Å². The number of carbonyl (C=O) groups is 1. The third-order valence-corrected chi connectivity index (χ3v) is 3.40. The highest BCUT2D eigenvalue weighted by Crippen LogP contribution is 2.37. The molecule has 1 heterocycles. The number of carboxylic acids is 1. The lowest BCUT2D eigenvalue weighted by Gasteiger charge is -2.22. The third kappa shape index (κ3) is 2.82. The van der Waals surface area contributed by atoms with Gasteiger partial charge in [0.15, 0.2) is 0 Å². The quantitative estimate of drug-likeness (QED) is 0.860. The van der Waals surface area contributed by atoms with E-state index in [-0.39, 0.29) is 12.3 Å². The van der Waals surface area contributed by atoms with Gasteiger partial charge < -0.3 is 14.9 Å². The minimum Gasteiger partial charge on any atom is -0.481 e. The number of carboxylic acid groups (broad SMARTS) is 1. The largest absolute Gasteiger partial charge is 0.481 e. The van der Waals surface area contributed by atoms with Crippen molar-refractivity contribution in [3.8, 4) is 0 Å². The van der Waals surface area contributed by atoms with Crippen LogP contribution in [0.15, 0.2) is 24.3 Å². The summed E-state index contributed by atoms with van der Waals surface area (Å²) in [6, 6.07) is 8.15. The maximum atomic E-state index is 10.9. The number of likely N-dealkylation sites (N-methyl/N-ethyl adjacent to an activating group) is 1. The Hall–Kier alpha value is -1.55. The van der Waals surface area contributed by atoms with E-state index < -0.39 is 5.97 Å². The van der Waals surface area contributed by atoms with E-state index in [1.165, 1.54) is 11.3 Å². The molecule has 0 spiro atoms. The van der Waals surface area contributed by atoms with E-state index in [2.05, 4.69) is 36.0 Å². The molecule has 1 aromatic carbocycles. The van der Waals surface area contributed by atoms with Crippen LogP contribution in [-0.2, 0) is 4.79 Å². The summed E-state index contributed by atoms with van der Waals surface area (Å²) >= 11 is 0. The highest BCUT2D eigenvalue weighted by molar-refractivity contribution is 5.71. The molecule has 1 unspecified atom stereocenters. The van der Waals surface area contributed by atoms with E-state index in [0.29, 0.717) is 0 Å². The summed E-state index contributed by atoms with van der Waals surface area (Å²) in [6.07, 6.45) is 0.218. The maximum Gasteiger partial charge on any atom is 0.304 e. The van der Waals surface area contributed by atoms with Gasteiger partial charge in [0.25, 0.3) is 0 Å². The molecule has 1 aliphatic heterocycles. The van der Waals surface area contributed by atoms with Crippen LogP contribution in [0, 0.1) is 0 Å². The van der Waals surface area contributed by atoms with Gasteiger partial charge in [-0.15, -0.1) is 0 Å². The lowest BCUT2D eigenvalue weighted by Crippen LogP contribution is -2.31. The van der Waals surface area contributed by atoms with Gasteiger partial charge in [0, 0.05) is 31.2 Å². The average Bonchev–Trinajstić information content (AvgIpc) is 2.65. The third-order valence-electron chi connectivity index (χ3n) is 3.40. The van der Waals surface area contributed by atoms with E-state index >= 15 is 0 Å². The van der Waals surface area contributed by atoms with Gasteiger partial charge in [-0.1, -0.05) is 18.2 Å². The Balaban J connectivity index is 2.14. The zero-order valence-corrected chi connectivity index (χ0v) is 11.0. The van der Waals surface area contributed by atoms with Crippen LogP contribution < -0.4 is 4.90 Å². The number of fused-ring (bicyclic) bond motifs is 1. The Bertz CT molecular complexity index is 432. The zero-order chi connectivity index (χ0) is 13.1. The second-order valence-corrected chi connectivity index (χ2v) is 5.10. The molecule has 18 heavy (non-hydrogen) atoms. The van der Waals surface area contributed by atoms with E-state index in [9.17, 15) is 4.79 Å². The Morgan fingerprint density at radius 2 is 2.17 bits per heavy atom. The van der Waals surface area contributed by atoms with Gasteiger partial charge in [0.2, 0.25) is 0 Å². The number of nitrogens with zero attached hydrogens (tertiary/aromatic N) is 2. The monoisotopic (exact) mass is 248 g/mol. The fourth-order valence-corrected chi connectivity index (χ4v) is 2.50. The number of anilines is 1. The highest BCUT2D eigenvalue weighted by atomic mass is 16.4. The van der Waals surface area contributed by atoms with Gasteiger partial charge in [-0.3, -0.25) is 4.79 Å². The molecule has 0 amide bonds. The molecule has 0 saturated heterocycles. The molecule has 2 rings (SSSR count). The summed E-state index contributed by atoms with van der Waals surface area (Å²) in [5, 5.41) is 8.98. The Kier molecular flexibility index (Phi) is 3.87. The fourth-order valence-electron chi connectivity index (χ4n) is 2.50. The molecule has 98 valence electrons. The van der Waals surface area contributed by atoms with Gasteiger partial charge in [-0.2, -0.15) is 0 Å². The average molecular weight is 248 g/mol. The van der Waals surface area contributed by atoms with Crippen LogP contribution in [0.2, 0.25) is 0 Å². The Labute approximate surface area is 108 Å². The van der Waals surface area contributed by atoms with Crippen molar-refractivity contribution >= 4 is 11.7 Å². The molecule has 0 aliphatic carbocycles. The molecular formula is C14H20N2O2. The van der Waals surface area contributed by atoms with Crippen LogP contribution in [0.5, 0.6) is 0 Å². The van der Waals surface area contributed by atoms with Crippen molar-refractivity contribution in [1.82, 2.24) is 4.90 Å². The number of hydrogen-bond donors (Lipinski definition) is 1. The van der Waals surface area contributed by atoms with E-state index in [1.807, 2.05) is 12.1 Å². The Morgan fingerprint density at radius 1 is 1.44 bits per heavy atom. The topological polar surface area (TPSA) is 43.8 Å². The van der Waals surface area contributed by atoms with Crippen molar-refractivity contribution < 1.29 is 9.90 Å². The van der Waals surface area contributed by atoms with Gasteiger partial charge in [0.05, 0.1) is 6.42 Å². The number of aliphatic carboxylic acids is 1. The molecule has 0 radical (unpaired) electrons. The predicted octanol–water partition coefficient (Wildman–Crippen LogP) is 1.63. The summed E-state index contributed by atoms with van der Waals surface area (Å²) in [6.45, 7) is 2.74. The lowest BCUT2D eigenvalue weighted by molar-refractivity contribution is -0.137. The maximum absolute atomic E-state index is 10.9. The molecule has 0 fully saturated rings. The molecule has 0 bridgehead atoms. The van der Waals surface area contributed by atoms with Crippen LogP contribution in [0.4, 0.5) is 5.69 Å². The first kappa shape index (κ1) is 12.9. The standard InChI is InChI=1S/C14H20N2O2/c1-15(2)7-8-16-10-11(9-14(17)18)12-5-3-4-6-13(12)16/h3-6,11H,7-10H2,1-2H3,(H,17,18). The fraction of sp³-hybridized carbons (Fsp3) is 0.500. The minimum absolute atomic E-state index is 0.126. The zero-order valence-electron chi connectivity index (χ0n) is 11.0. The first-order chi connectivity index (χ1) is 8.58. The van der Waals surface area contributed by atoms with E-state index in [0.717, 1.165) is 19.6 Å². The molecule has 4 nitrogen and oxygen atoms in total. The predicted molar refractivity (Wildman–Crippen MR) is 72.2 cm³/mol. The number of para-hydroxylation sites is 1. The SMILES string of the molecule is CN(C)CCN1CC(CC(=O)O)c2ccccc21. The van der Waals surface area contributed by atoms with Crippen LogP contribution >= 0.6 is 0 Å². The van der Waals surface area contributed by atoms with Crippen molar-refractivity contribution in [3.05, 3.63) is 29.8 Å². The first-order valence-corrected chi connectivity index (χ1v) is 6.28. The highest BCUT2D eigenvalue weighted by Gasteiger charge is 2.29. The molecular weight excluding hydrogens is 228 g/mol. The molecule has 4 heteroatoms. The van der Waals surface area contributed by atoms with Crippen LogP contribution in [-0.4, -0.2) is 49.7 Å². The second-order valence-electron chi connectivity index (χ2n) is 5.10. The van der Waals surface area contributed by atoms with Crippen molar-refractivity contribution in [3.63, 3.8) is 0 Å². The Morgan fingerprint density at radius 3 is 2.83 bits per heavy atom. The van der Waals surface area contributed by atoms with Crippen molar-refractivity contribution in [2.45, 2.75) is 12.3 Å². The van der Waals surface area contributed by atoms with Crippen molar-refractivity contribution in [1.29, 1.82) is 0 Å². The minimum atomic E-state index is -0.718. The number of hydrogen-bond acceptors (Lipinski definition) is 3. The molecule has 1 atom stereocenters. The van der Waals surface area contributed by atoms with Crippen LogP contribution in [0.3, 0.4) is 0 Å². The molecule has 1 aliphatic rings. The molecule has 0 saturated carbocycles. The summed E-state index contributed by atoms with van der Waals surface area (Å²) in [7, 11) is 4.10. The smallest absolute Gasteiger partial charge is 0.304 e. The number of benzene rings is 1. The second kappa shape index (κ2) is 5.40. The molecule has 1 N–H and O–H groups in total. The summed E-state index contributed by atoms with van der Waals surface area (Å²) < 4.78 is 0.